The van der Waals surface area contributed by atoms with Crippen LogP contribution in [0.25, 0.3) is 0 Å². The SMILES string of the molecule is Cc1cc(C)nc(SCc2ccc(F)c(Br)c2)n1. The van der Waals surface area contributed by atoms with Crippen molar-refractivity contribution in [1.29, 1.82) is 0 Å². The number of hydrogen-bond donors (Lipinski definition) is 0. The minimum Gasteiger partial charge on any atom is -0.228 e. The Morgan fingerprint density at radius 2 is 1.83 bits per heavy atom. The van der Waals surface area contributed by atoms with Crippen LogP contribution in [0.3, 0.4) is 0 Å². The van der Waals surface area contributed by atoms with E-state index in [-0.39, 0.29) is 5.82 Å². The Morgan fingerprint density at radius 3 is 2.44 bits per heavy atom. The molecule has 1 aromatic carbocycles. The van der Waals surface area contributed by atoms with Crippen molar-refractivity contribution in [2.45, 2.75) is 24.8 Å². The summed E-state index contributed by atoms with van der Waals surface area (Å²) in [5, 5.41) is 0.757. The predicted octanol–water partition coefficient (Wildman–Crippen LogP) is 4.29. The van der Waals surface area contributed by atoms with E-state index < -0.39 is 0 Å². The molecule has 0 fully saturated rings. The highest BCUT2D eigenvalue weighted by Crippen LogP contribution is 2.23. The molecular formula is C13H12BrFN2S. The van der Waals surface area contributed by atoms with E-state index in [1.165, 1.54) is 6.07 Å². The Balaban J connectivity index is 2.08. The lowest BCUT2D eigenvalue weighted by atomic mass is 10.2. The molecule has 1 heterocycles. The molecule has 1 aromatic heterocycles. The van der Waals surface area contributed by atoms with Crippen LogP contribution in [0.1, 0.15) is 17.0 Å². The molecule has 2 rings (SSSR count). The van der Waals surface area contributed by atoms with Gasteiger partial charge in [0.05, 0.1) is 4.47 Å². The lowest BCUT2D eigenvalue weighted by molar-refractivity contribution is 0.620. The van der Waals surface area contributed by atoms with E-state index in [9.17, 15) is 4.39 Å². The van der Waals surface area contributed by atoms with Crippen molar-refractivity contribution in [3.05, 3.63) is 51.5 Å². The van der Waals surface area contributed by atoms with Crippen molar-refractivity contribution in [2.24, 2.45) is 0 Å². The van der Waals surface area contributed by atoms with E-state index >= 15 is 0 Å². The number of aryl methyl sites for hydroxylation is 2. The number of aromatic nitrogens is 2. The predicted molar refractivity (Wildman–Crippen MR) is 75.2 cm³/mol. The van der Waals surface area contributed by atoms with Crippen LogP contribution in [-0.4, -0.2) is 9.97 Å². The van der Waals surface area contributed by atoms with Gasteiger partial charge in [-0.15, -0.1) is 0 Å². The summed E-state index contributed by atoms with van der Waals surface area (Å²) in [7, 11) is 0. The summed E-state index contributed by atoms with van der Waals surface area (Å²) in [5.74, 6) is 0.480. The highest BCUT2D eigenvalue weighted by atomic mass is 79.9. The van der Waals surface area contributed by atoms with Gasteiger partial charge in [-0.25, -0.2) is 14.4 Å². The van der Waals surface area contributed by atoms with Gasteiger partial charge in [-0.1, -0.05) is 17.8 Å². The van der Waals surface area contributed by atoms with E-state index in [1.807, 2.05) is 19.9 Å². The van der Waals surface area contributed by atoms with Crippen LogP contribution in [0.15, 0.2) is 33.9 Å². The lowest BCUT2D eigenvalue weighted by Gasteiger charge is -2.04. The zero-order chi connectivity index (χ0) is 13.1. The standard InChI is InChI=1S/C13H12BrFN2S/c1-8-5-9(2)17-13(16-8)18-7-10-3-4-12(15)11(14)6-10/h3-6H,7H2,1-2H3. The first-order valence-electron chi connectivity index (χ1n) is 5.43. The van der Waals surface area contributed by atoms with Gasteiger partial charge in [-0.2, -0.15) is 0 Å². The number of hydrogen-bond acceptors (Lipinski definition) is 3. The van der Waals surface area contributed by atoms with Crippen molar-refractivity contribution in [2.75, 3.05) is 0 Å². The molecule has 94 valence electrons. The Bertz CT molecular complexity index is 555. The topological polar surface area (TPSA) is 25.8 Å². The summed E-state index contributed by atoms with van der Waals surface area (Å²) in [6, 6.07) is 6.96. The van der Waals surface area contributed by atoms with Crippen molar-refractivity contribution in [3.8, 4) is 0 Å². The lowest BCUT2D eigenvalue weighted by Crippen LogP contribution is -1.93. The number of nitrogens with zero attached hydrogens (tertiary/aromatic N) is 2. The van der Waals surface area contributed by atoms with Crippen molar-refractivity contribution >= 4 is 27.7 Å². The second kappa shape index (κ2) is 5.80. The first kappa shape index (κ1) is 13.5. The van der Waals surface area contributed by atoms with Crippen LogP contribution in [0.2, 0.25) is 0 Å². The molecule has 0 aliphatic carbocycles. The highest BCUT2D eigenvalue weighted by Gasteiger charge is 2.04. The minimum atomic E-state index is -0.244. The average molecular weight is 327 g/mol. The van der Waals surface area contributed by atoms with Gasteiger partial charge in [0.1, 0.15) is 5.82 Å². The van der Waals surface area contributed by atoms with Gasteiger partial charge in [0, 0.05) is 17.1 Å². The van der Waals surface area contributed by atoms with Gasteiger partial charge in [0.2, 0.25) is 0 Å². The van der Waals surface area contributed by atoms with Gasteiger partial charge in [-0.3, -0.25) is 0 Å². The van der Waals surface area contributed by atoms with Gasteiger partial charge < -0.3 is 0 Å². The molecule has 0 aliphatic heterocycles. The Hall–Kier alpha value is -0.940. The van der Waals surface area contributed by atoms with E-state index in [2.05, 4.69) is 25.9 Å². The van der Waals surface area contributed by atoms with E-state index in [4.69, 9.17) is 0 Å². The summed E-state index contributed by atoms with van der Waals surface area (Å²) in [6.45, 7) is 3.90. The van der Waals surface area contributed by atoms with Crippen LogP contribution < -0.4 is 0 Å². The maximum absolute atomic E-state index is 13.1. The molecule has 0 amide bonds. The fraction of sp³-hybridized carbons (Fsp3) is 0.231. The number of halogens is 2. The van der Waals surface area contributed by atoms with Crippen LogP contribution in [0.4, 0.5) is 4.39 Å². The number of rotatable bonds is 3. The molecule has 0 spiro atoms. The Morgan fingerprint density at radius 1 is 1.17 bits per heavy atom. The van der Waals surface area contributed by atoms with Crippen LogP contribution in [0, 0.1) is 19.7 Å². The van der Waals surface area contributed by atoms with Gasteiger partial charge >= 0.3 is 0 Å². The summed E-state index contributed by atoms with van der Waals surface area (Å²) in [4.78, 5) is 8.71. The van der Waals surface area contributed by atoms with Gasteiger partial charge in [0.15, 0.2) is 5.16 Å². The zero-order valence-electron chi connectivity index (χ0n) is 10.1. The molecule has 0 N–H and O–H groups in total. The fourth-order valence-corrected chi connectivity index (χ4v) is 2.85. The molecule has 2 aromatic rings. The smallest absolute Gasteiger partial charge is 0.188 e. The summed E-state index contributed by atoms with van der Waals surface area (Å²) in [5.41, 5.74) is 2.96. The van der Waals surface area contributed by atoms with E-state index in [0.29, 0.717) is 4.47 Å². The van der Waals surface area contributed by atoms with E-state index in [1.54, 1.807) is 23.9 Å². The maximum atomic E-state index is 13.1. The molecule has 5 heteroatoms. The second-order valence-electron chi connectivity index (χ2n) is 3.97. The quantitative estimate of drug-likeness (QED) is 0.621. The maximum Gasteiger partial charge on any atom is 0.188 e. The third-order valence-electron chi connectivity index (χ3n) is 2.31. The Labute approximate surface area is 118 Å². The monoisotopic (exact) mass is 326 g/mol. The van der Waals surface area contributed by atoms with Gasteiger partial charge in [0.25, 0.3) is 0 Å². The number of thioether (sulfide) groups is 1. The van der Waals surface area contributed by atoms with Crippen LogP contribution >= 0.6 is 27.7 Å². The average Bonchev–Trinajstić information content (AvgIpc) is 2.29. The first-order chi connectivity index (χ1) is 8.54. The van der Waals surface area contributed by atoms with E-state index in [0.717, 1.165) is 27.9 Å². The Kier molecular flexibility index (Phi) is 4.35. The molecule has 0 bridgehead atoms. The summed E-state index contributed by atoms with van der Waals surface area (Å²) < 4.78 is 13.6. The van der Waals surface area contributed by atoms with Crippen molar-refractivity contribution in [1.82, 2.24) is 9.97 Å². The normalized spacial score (nSPS) is 10.7. The molecule has 0 atom stereocenters. The summed E-state index contributed by atoms with van der Waals surface area (Å²) in [6.07, 6.45) is 0. The molecule has 0 saturated carbocycles. The second-order valence-corrected chi connectivity index (χ2v) is 5.77. The fourth-order valence-electron chi connectivity index (χ4n) is 1.54. The van der Waals surface area contributed by atoms with Crippen molar-refractivity contribution < 1.29 is 4.39 Å². The first-order valence-corrected chi connectivity index (χ1v) is 7.21. The van der Waals surface area contributed by atoms with Crippen molar-refractivity contribution in [3.63, 3.8) is 0 Å². The summed E-state index contributed by atoms with van der Waals surface area (Å²) >= 11 is 4.73. The molecule has 0 saturated heterocycles. The largest absolute Gasteiger partial charge is 0.228 e. The van der Waals surface area contributed by atoms with Crippen LogP contribution in [0.5, 0.6) is 0 Å². The molecule has 0 aliphatic rings. The van der Waals surface area contributed by atoms with Gasteiger partial charge in [-0.05, 0) is 53.5 Å². The zero-order valence-corrected chi connectivity index (χ0v) is 12.5. The highest BCUT2D eigenvalue weighted by molar-refractivity contribution is 9.10. The molecular weight excluding hydrogens is 315 g/mol. The molecule has 0 unspecified atom stereocenters. The third kappa shape index (κ3) is 3.53. The number of benzene rings is 1. The molecule has 0 radical (unpaired) electrons. The van der Waals surface area contributed by atoms with Crippen LogP contribution in [-0.2, 0) is 5.75 Å². The molecule has 18 heavy (non-hydrogen) atoms. The molecule has 2 nitrogen and oxygen atoms in total. The minimum absolute atomic E-state index is 0.244. The third-order valence-corrected chi connectivity index (χ3v) is 3.84.